The van der Waals surface area contributed by atoms with Gasteiger partial charge in [0.1, 0.15) is 13.2 Å². The molecule has 0 saturated carbocycles. The molecule has 1 atom stereocenters. The summed E-state index contributed by atoms with van der Waals surface area (Å²) in [6, 6.07) is 0. The molecule has 0 bridgehead atoms. The lowest BCUT2D eigenvalue weighted by molar-refractivity contribution is -0.167. The molecule has 0 N–H and O–H groups in total. The van der Waals surface area contributed by atoms with Crippen molar-refractivity contribution in [2.75, 3.05) is 13.2 Å². The van der Waals surface area contributed by atoms with Gasteiger partial charge in [0.2, 0.25) is 0 Å². The minimum Gasteiger partial charge on any atom is -0.462 e. The summed E-state index contributed by atoms with van der Waals surface area (Å²) in [7, 11) is 0. The van der Waals surface area contributed by atoms with Crippen LogP contribution in [0.5, 0.6) is 0 Å². The van der Waals surface area contributed by atoms with Crippen LogP contribution in [0.15, 0.2) is 0 Å². The van der Waals surface area contributed by atoms with Crippen molar-refractivity contribution < 1.29 is 28.6 Å². The van der Waals surface area contributed by atoms with Crippen molar-refractivity contribution in [3.05, 3.63) is 0 Å². The van der Waals surface area contributed by atoms with E-state index in [1.807, 2.05) is 0 Å². The maximum Gasteiger partial charge on any atom is 0.306 e. The van der Waals surface area contributed by atoms with Crippen LogP contribution in [0, 0.1) is 5.92 Å². The Hall–Kier alpha value is -1.59. The predicted octanol–water partition coefficient (Wildman–Crippen LogP) is 15.1. The fourth-order valence-electron chi connectivity index (χ4n) is 7.16. The van der Waals surface area contributed by atoms with Gasteiger partial charge < -0.3 is 14.2 Å². The highest BCUT2D eigenvalue weighted by atomic mass is 16.6. The molecule has 0 fully saturated rings. The van der Waals surface area contributed by atoms with Crippen LogP contribution < -0.4 is 0 Å². The van der Waals surface area contributed by atoms with Crippen LogP contribution in [0.4, 0.5) is 0 Å². The molecule has 54 heavy (non-hydrogen) atoms. The lowest BCUT2D eigenvalue weighted by Gasteiger charge is -2.18. The second kappa shape index (κ2) is 42.6. The molecule has 0 aromatic heterocycles. The number of carbonyl (C=O) groups excluding carboxylic acids is 3. The first kappa shape index (κ1) is 52.4. The van der Waals surface area contributed by atoms with E-state index in [-0.39, 0.29) is 31.1 Å². The van der Waals surface area contributed by atoms with Gasteiger partial charge in [-0.05, 0) is 25.2 Å². The summed E-state index contributed by atoms with van der Waals surface area (Å²) >= 11 is 0. The van der Waals surface area contributed by atoms with Gasteiger partial charge in [0.15, 0.2) is 6.10 Å². The maximum atomic E-state index is 12.6. The van der Waals surface area contributed by atoms with Crippen LogP contribution >= 0.6 is 0 Å². The predicted molar refractivity (Wildman–Crippen MR) is 229 cm³/mol. The van der Waals surface area contributed by atoms with E-state index in [4.69, 9.17) is 14.2 Å². The number of hydrogen-bond donors (Lipinski definition) is 0. The highest BCUT2D eigenvalue weighted by Crippen LogP contribution is 2.16. The Kier molecular flexibility index (Phi) is 41.3. The van der Waals surface area contributed by atoms with Gasteiger partial charge in [-0.25, -0.2) is 0 Å². The van der Waals surface area contributed by atoms with Crippen molar-refractivity contribution in [3.8, 4) is 0 Å². The SMILES string of the molecule is CCCCCCCCCCCCCCCCC(=O)OC[C@@H](COC(=O)CCCCCCCCCCCCCCC(C)C)OC(=O)CCCCCCCCC. The zero-order valence-electron chi connectivity index (χ0n) is 36.7. The third-order valence-corrected chi connectivity index (χ3v) is 10.8. The first-order valence-electron chi connectivity index (χ1n) is 23.9. The van der Waals surface area contributed by atoms with E-state index in [9.17, 15) is 14.4 Å². The van der Waals surface area contributed by atoms with Crippen molar-refractivity contribution in [2.24, 2.45) is 5.92 Å². The lowest BCUT2D eigenvalue weighted by atomic mass is 10.0. The maximum absolute atomic E-state index is 12.6. The zero-order chi connectivity index (χ0) is 39.6. The topological polar surface area (TPSA) is 78.9 Å². The van der Waals surface area contributed by atoms with Gasteiger partial charge in [0, 0.05) is 19.3 Å². The summed E-state index contributed by atoms with van der Waals surface area (Å²) in [6.45, 7) is 8.97. The molecular formula is C48H92O6. The Morgan fingerprint density at radius 1 is 0.352 bits per heavy atom. The van der Waals surface area contributed by atoms with Crippen molar-refractivity contribution in [3.63, 3.8) is 0 Å². The van der Waals surface area contributed by atoms with Crippen LogP contribution in [0.2, 0.25) is 0 Å². The smallest absolute Gasteiger partial charge is 0.306 e. The van der Waals surface area contributed by atoms with E-state index in [1.165, 1.54) is 161 Å². The van der Waals surface area contributed by atoms with Gasteiger partial charge in [-0.1, -0.05) is 227 Å². The Morgan fingerprint density at radius 3 is 0.907 bits per heavy atom. The molecule has 0 saturated heterocycles. The number of unbranched alkanes of at least 4 members (excludes halogenated alkanes) is 30. The fraction of sp³-hybridized carbons (Fsp3) is 0.938. The highest BCUT2D eigenvalue weighted by Gasteiger charge is 2.19. The van der Waals surface area contributed by atoms with Gasteiger partial charge in [0.05, 0.1) is 0 Å². The molecule has 6 heteroatoms. The molecular weight excluding hydrogens is 673 g/mol. The molecule has 0 aromatic rings. The number of hydrogen-bond acceptors (Lipinski definition) is 6. The summed E-state index contributed by atoms with van der Waals surface area (Å²) < 4.78 is 16.7. The third kappa shape index (κ3) is 41.6. The van der Waals surface area contributed by atoms with Crippen LogP contribution in [-0.2, 0) is 28.6 Å². The monoisotopic (exact) mass is 765 g/mol. The van der Waals surface area contributed by atoms with E-state index in [1.54, 1.807) is 0 Å². The van der Waals surface area contributed by atoms with E-state index in [0.29, 0.717) is 19.3 Å². The Balaban J connectivity index is 4.20. The van der Waals surface area contributed by atoms with Crippen LogP contribution in [-0.4, -0.2) is 37.2 Å². The molecule has 0 unspecified atom stereocenters. The second-order valence-electron chi connectivity index (χ2n) is 16.9. The second-order valence-corrected chi connectivity index (χ2v) is 16.9. The molecule has 0 heterocycles. The highest BCUT2D eigenvalue weighted by molar-refractivity contribution is 5.71. The number of ether oxygens (including phenoxy) is 3. The van der Waals surface area contributed by atoms with Crippen LogP contribution in [0.3, 0.4) is 0 Å². The van der Waals surface area contributed by atoms with Gasteiger partial charge in [-0.15, -0.1) is 0 Å². The zero-order valence-corrected chi connectivity index (χ0v) is 36.7. The van der Waals surface area contributed by atoms with Gasteiger partial charge >= 0.3 is 17.9 Å². The Bertz CT molecular complexity index is 811. The van der Waals surface area contributed by atoms with Crippen LogP contribution in [0.25, 0.3) is 0 Å². The minimum absolute atomic E-state index is 0.0639. The fourth-order valence-corrected chi connectivity index (χ4v) is 7.16. The summed E-state index contributed by atoms with van der Waals surface area (Å²) in [6.07, 6.45) is 42.4. The van der Waals surface area contributed by atoms with Crippen molar-refractivity contribution in [2.45, 2.75) is 271 Å². The molecule has 0 aliphatic carbocycles. The van der Waals surface area contributed by atoms with E-state index < -0.39 is 6.10 Å². The summed E-state index contributed by atoms with van der Waals surface area (Å²) in [4.78, 5) is 37.6. The summed E-state index contributed by atoms with van der Waals surface area (Å²) in [5, 5.41) is 0. The normalized spacial score (nSPS) is 11.9. The van der Waals surface area contributed by atoms with E-state index >= 15 is 0 Å². The number of rotatable bonds is 43. The molecule has 320 valence electrons. The molecule has 0 aliphatic rings. The molecule has 0 rings (SSSR count). The average Bonchev–Trinajstić information content (AvgIpc) is 3.15. The third-order valence-electron chi connectivity index (χ3n) is 10.8. The quantitative estimate of drug-likeness (QED) is 0.0349. The minimum atomic E-state index is -0.758. The Morgan fingerprint density at radius 2 is 0.611 bits per heavy atom. The van der Waals surface area contributed by atoms with Crippen molar-refractivity contribution in [1.29, 1.82) is 0 Å². The van der Waals surface area contributed by atoms with Gasteiger partial charge in [0.25, 0.3) is 0 Å². The van der Waals surface area contributed by atoms with Crippen molar-refractivity contribution in [1.82, 2.24) is 0 Å². The van der Waals surface area contributed by atoms with E-state index in [0.717, 1.165) is 63.7 Å². The molecule has 0 radical (unpaired) electrons. The van der Waals surface area contributed by atoms with Crippen LogP contribution in [0.1, 0.15) is 265 Å². The number of carbonyl (C=O) groups is 3. The standard InChI is InChI=1S/C48H92O6/c1-5-7-9-11-13-14-15-16-17-21-24-28-31-35-39-46(49)52-42-45(54-48(51)41-37-33-26-12-10-8-6-2)43-53-47(50)40-36-32-29-25-22-19-18-20-23-27-30-34-38-44(3)4/h44-45H,5-43H2,1-4H3/t45-/m0/s1. The largest absolute Gasteiger partial charge is 0.462 e. The van der Waals surface area contributed by atoms with E-state index in [2.05, 4.69) is 27.7 Å². The molecule has 0 aliphatic heterocycles. The summed E-state index contributed by atoms with van der Waals surface area (Å²) in [5.41, 5.74) is 0. The molecule has 0 amide bonds. The lowest BCUT2D eigenvalue weighted by Crippen LogP contribution is -2.30. The van der Waals surface area contributed by atoms with Gasteiger partial charge in [-0.2, -0.15) is 0 Å². The first-order valence-corrected chi connectivity index (χ1v) is 23.9. The average molecular weight is 765 g/mol. The molecule has 0 spiro atoms. The summed E-state index contributed by atoms with van der Waals surface area (Å²) in [5.74, 6) is -0.0230. The Labute approximate surface area is 336 Å². The van der Waals surface area contributed by atoms with Crippen molar-refractivity contribution >= 4 is 17.9 Å². The van der Waals surface area contributed by atoms with Gasteiger partial charge in [-0.3, -0.25) is 14.4 Å². The molecule has 6 nitrogen and oxygen atoms in total. The number of esters is 3. The first-order chi connectivity index (χ1) is 26.4. The molecule has 0 aromatic carbocycles.